The van der Waals surface area contributed by atoms with Crippen molar-refractivity contribution in [3.8, 4) is 11.3 Å². The average Bonchev–Trinajstić information content (AvgIpc) is 3.01. The molecule has 2 heterocycles. The molecule has 0 aliphatic heterocycles. The van der Waals surface area contributed by atoms with Gasteiger partial charge in [-0.1, -0.05) is 23.3 Å². The van der Waals surface area contributed by atoms with E-state index in [2.05, 4.69) is 16.1 Å². The zero-order valence-corrected chi connectivity index (χ0v) is 15.0. The Hall–Kier alpha value is -3.60. The van der Waals surface area contributed by atoms with Gasteiger partial charge in [0.1, 0.15) is 0 Å². The average molecular weight is 576 g/mol. The third-order valence-electron chi connectivity index (χ3n) is 2.93. The van der Waals surface area contributed by atoms with Crippen molar-refractivity contribution in [1.29, 1.82) is 0 Å². The Morgan fingerprint density at radius 1 is 1.25 bits per heavy atom. The standard InChI is InChI=1S/C12H8F2N.C5H8N3.Lr/c1-8-4-5-15-12(6-8)10-3-2-9(13)7-11(10)14;6-2-5-8-4-1-3-7-8;/h2,4-7H,1H3;1,3-4,6H,2,5H2;/q2*-1;. The molecule has 1 aromatic carbocycles. The van der Waals surface area contributed by atoms with Crippen molar-refractivity contribution in [3.63, 3.8) is 0 Å². The second kappa shape index (κ2) is 8.75. The van der Waals surface area contributed by atoms with Gasteiger partial charge in [0.15, 0.2) is 0 Å². The Labute approximate surface area is 133 Å². The maximum Gasteiger partial charge on any atom is 0.0489 e. The van der Waals surface area contributed by atoms with Gasteiger partial charge in [0.05, 0.1) is 0 Å². The summed E-state index contributed by atoms with van der Waals surface area (Å²) in [4.78, 5) is 4.01. The normalized spacial score (nSPS) is 9.67. The zero-order chi connectivity index (χ0) is 16.7. The smallest absolute Gasteiger partial charge is 0.0489 e. The molecule has 0 aliphatic carbocycles. The molecule has 3 aromatic rings. The van der Waals surface area contributed by atoms with Crippen LogP contribution >= 0.6 is 0 Å². The number of benzene rings is 1. The van der Waals surface area contributed by atoms with Crippen LogP contribution in [0, 0.1) is 24.6 Å². The van der Waals surface area contributed by atoms with Crippen LogP contribution in [0.25, 0.3) is 17.0 Å². The second-order valence-electron chi connectivity index (χ2n) is 4.78. The number of pyridine rings is 1. The number of aryl methyl sites for hydroxylation is 1. The van der Waals surface area contributed by atoms with E-state index < -0.39 is 11.6 Å². The van der Waals surface area contributed by atoms with E-state index in [4.69, 9.17) is 5.73 Å². The molecule has 0 atom stereocenters. The number of halogens is 2. The molecular weight excluding hydrogens is 560 g/mol. The minimum Gasteiger partial charge on any atom is -0.676 e. The Morgan fingerprint density at radius 3 is 2.62 bits per heavy atom. The number of rotatable bonds is 3. The fraction of sp³-hybridized carbons (Fsp3) is 0.176. The molecule has 0 saturated carbocycles. The number of nitrogens with zero attached hydrogens (tertiary/aromatic N) is 3. The van der Waals surface area contributed by atoms with Crippen LogP contribution in [0.4, 0.5) is 8.78 Å². The Morgan fingerprint density at radius 2 is 2.04 bits per heavy atom. The molecule has 135 valence electrons. The largest absolute Gasteiger partial charge is 0.676 e. The monoisotopic (exact) mass is 576 g/mol. The fourth-order valence-corrected chi connectivity index (χ4v) is 1.86. The summed E-state index contributed by atoms with van der Waals surface area (Å²) >= 11 is 0. The quantitative estimate of drug-likeness (QED) is 0.442. The van der Waals surface area contributed by atoms with Gasteiger partial charge in [0.2, 0.25) is 0 Å². The number of nitrogens with one attached hydrogen (secondary N) is 1. The Bertz CT molecular complexity index is 748. The Balaban J connectivity index is 0.000000273. The van der Waals surface area contributed by atoms with E-state index >= 15 is 0 Å². The van der Waals surface area contributed by atoms with Gasteiger partial charge in [0, 0.05) is 36.8 Å². The van der Waals surface area contributed by atoms with Gasteiger partial charge in [0.25, 0.3) is 0 Å². The fourth-order valence-electron chi connectivity index (χ4n) is 1.86. The van der Waals surface area contributed by atoms with Crippen LogP contribution in [-0.4, -0.2) is 21.3 Å². The van der Waals surface area contributed by atoms with Gasteiger partial charge in [-0.15, -0.1) is 18.7 Å². The van der Waals surface area contributed by atoms with Crippen molar-refractivity contribution >= 4 is 0 Å². The molecule has 3 rings (SSSR count). The summed E-state index contributed by atoms with van der Waals surface area (Å²) in [5.74, 6) is -1.28. The van der Waals surface area contributed by atoms with Crippen molar-refractivity contribution in [2.24, 2.45) is 0 Å². The first-order valence-electron chi connectivity index (χ1n) is 7.02. The van der Waals surface area contributed by atoms with Crippen molar-refractivity contribution in [3.05, 3.63) is 77.9 Å². The van der Waals surface area contributed by atoms with Crippen LogP contribution in [0.1, 0.15) is 5.56 Å². The Kier molecular flexibility index (Phi) is 6.73. The van der Waals surface area contributed by atoms with Gasteiger partial charge in [-0.2, -0.15) is 5.10 Å². The van der Waals surface area contributed by atoms with Crippen LogP contribution in [-0.2, 0) is 6.54 Å². The molecule has 0 saturated heterocycles. The third kappa shape index (κ3) is 4.99. The van der Waals surface area contributed by atoms with E-state index in [-0.39, 0.29) is 5.56 Å². The van der Waals surface area contributed by atoms with Crippen LogP contribution in [0.3, 0.4) is 0 Å². The van der Waals surface area contributed by atoms with Crippen LogP contribution in [0.15, 0.2) is 48.9 Å². The molecule has 2 aromatic heterocycles. The summed E-state index contributed by atoms with van der Waals surface area (Å²) in [7, 11) is 0. The summed E-state index contributed by atoms with van der Waals surface area (Å²) in [6.45, 7) is 2.99. The van der Waals surface area contributed by atoms with Gasteiger partial charge in [-0.3, -0.25) is 13.5 Å². The maximum absolute atomic E-state index is 13.4. The zero-order valence-electron chi connectivity index (χ0n) is 12.9. The van der Waals surface area contributed by atoms with Crippen molar-refractivity contribution in [1.82, 2.24) is 14.8 Å². The number of aromatic nitrogens is 3. The molecule has 0 fully saturated rings. The van der Waals surface area contributed by atoms with Crippen LogP contribution in [0.5, 0.6) is 0 Å². The van der Waals surface area contributed by atoms with Gasteiger partial charge in [-0.25, -0.2) is 0 Å². The summed E-state index contributed by atoms with van der Waals surface area (Å²) in [5.41, 5.74) is 8.45. The molecule has 4 nitrogen and oxygen atoms in total. The molecular formula is C17H16F2LrN4-2. The second-order valence-corrected chi connectivity index (χ2v) is 4.78. The summed E-state index contributed by atoms with van der Waals surface area (Å²) in [6, 6.07) is 9.86. The molecule has 0 bridgehead atoms. The molecule has 0 spiro atoms. The molecule has 24 heavy (non-hydrogen) atoms. The van der Waals surface area contributed by atoms with Crippen LogP contribution < -0.4 is 0 Å². The predicted octanol–water partition coefficient (Wildman–Crippen LogP) is 4.07. The van der Waals surface area contributed by atoms with Crippen LogP contribution in [0.2, 0.25) is 0 Å². The minimum atomic E-state index is -0.645. The van der Waals surface area contributed by atoms with E-state index in [1.165, 1.54) is 0 Å². The van der Waals surface area contributed by atoms with E-state index in [1.807, 2.05) is 25.3 Å². The summed E-state index contributed by atoms with van der Waals surface area (Å²) in [5, 5.41) is 3.90. The van der Waals surface area contributed by atoms with E-state index in [0.29, 0.717) is 18.8 Å². The summed E-state index contributed by atoms with van der Waals surface area (Å²) < 4.78 is 27.8. The minimum absolute atomic E-state index is 0. The van der Waals surface area contributed by atoms with Gasteiger partial charge < -0.3 is 10.7 Å². The maximum atomic E-state index is 13.4. The molecule has 1 radical (unpaired) electrons. The molecule has 0 amide bonds. The van der Waals surface area contributed by atoms with Crippen molar-refractivity contribution in [2.45, 2.75) is 13.5 Å². The predicted molar refractivity (Wildman–Crippen MR) is 84.6 cm³/mol. The summed E-state index contributed by atoms with van der Waals surface area (Å²) in [6.07, 6.45) is 5.16. The van der Waals surface area contributed by atoms with Gasteiger partial charge >= 0.3 is 0 Å². The first kappa shape index (κ1) is 18.4. The topological polar surface area (TPSA) is 54.5 Å². The number of hydrogen-bond acceptors (Lipinski definition) is 2. The third-order valence-corrected chi connectivity index (χ3v) is 2.93. The molecule has 7 heteroatoms. The first-order chi connectivity index (χ1) is 11.1. The van der Waals surface area contributed by atoms with E-state index in [0.717, 1.165) is 17.7 Å². The molecule has 0 aliphatic rings. The van der Waals surface area contributed by atoms with Crippen molar-refractivity contribution in [2.75, 3.05) is 6.54 Å². The first-order valence-corrected chi connectivity index (χ1v) is 7.02. The van der Waals surface area contributed by atoms with Crippen molar-refractivity contribution < 1.29 is 8.78 Å². The SMILES string of the molecule is Cc1ccnc(-c2[c-]cc(F)cc2F)c1.[Lr].[NH-]CCn1cccn1. The van der Waals surface area contributed by atoms with E-state index in [1.54, 1.807) is 23.1 Å². The molecule has 0 unspecified atom stereocenters. The van der Waals surface area contributed by atoms with E-state index in [9.17, 15) is 8.78 Å². The molecule has 1 N–H and O–H groups in total. The number of hydrogen-bond donors (Lipinski definition) is 0. The van der Waals surface area contributed by atoms with Gasteiger partial charge in [-0.05, 0) is 24.8 Å².